The average Bonchev–Trinajstić information content (AvgIpc) is 2.83. The molecule has 0 aliphatic heterocycles. The van der Waals surface area contributed by atoms with Gasteiger partial charge in [0.25, 0.3) is 5.91 Å². The quantitative estimate of drug-likeness (QED) is 0.763. The first-order valence-corrected chi connectivity index (χ1v) is 6.38. The number of H-pyrrole nitrogens is 1. The Morgan fingerprint density at radius 2 is 2.16 bits per heavy atom. The van der Waals surface area contributed by atoms with E-state index in [0.29, 0.717) is 12.1 Å². The molecule has 0 unspecified atom stereocenters. The smallest absolute Gasteiger partial charge is 0.251 e. The van der Waals surface area contributed by atoms with Gasteiger partial charge in [-0.15, -0.1) is 0 Å². The molecule has 0 bridgehead atoms. The first kappa shape index (κ1) is 13.5. The molecule has 0 radical (unpaired) electrons. The maximum absolute atomic E-state index is 12.1. The number of carbonyl (C=O) groups excluding carboxylic acids is 1. The zero-order valence-corrected chi connectivity index (χ0v) is 11.6. The molecule has 5 heteroatoms. The van der Waals surface area contributed by atoms with Crippen LogP contribution in [0.4, 0.5) is 0 Å². The van der Waals surface area contributed by atoms with Crippen molar-refractivity contribution >= 4 is 16.9 Å². The molecule has 102 valence electrons. The summed E-state index contributed by atoms with van der Waals surface area (Å²) in [4.78, 5) is 19.2. The van der Waals surface area contributed by atoms with Crippen LogP contribution in [0.15, 0.2) is 24.5 Å². The van der Waals surface area contributed by atoms with Gasteiger partial charge in [-0.3, -0.25) is 4.79 Å². The molecule has 0 saturated heterocycles. The fourth-order valence-electron chi connectivity index (χ4n) is 2.04. The molecule has 0 fully saturated rings. The lowest BCUT2D eigenvalue weighted by Gasteiger charge is -2.24. The fraction of sp³-hybridized carbons (Fsp3) is 0.429. The third-order valence-corrected chi connectivity index (χ3v) is 3.07. The van der Waals surface area contributed by atoms with Gasteiger partial charge in [0.15, 0.2) is 0 Å². The number of rotatable bonds is 5. The molecule has 0 spiro atoms. The van der Waals surface area contributed by atoms with Gasteiger partial charge in [0, 0.05) is 18.7 Å². The summed E-state index contributed by atoms with van der Waals surface area (Å²) in [6.07, 6.45) is 1.63. The molecule has 5 nitrogen and oxygen atoms in total. The third-order valence-electron chi connectivity index (χ3n) is 3.07. The van der Waals surface area contributed by atoms with E-state index < -0.39 is 0 Å². The van der Waals surface area contributed by atoms with Crippen molar-refractivity contribution in [1.82, 2.24) is 20.6 Å². The minimum Gasteiger partial charge on any atom is -0.351 e. The Balaban J connectivity index is 2.03. The molecular weight excluding hydrogens is 240 g/mol. The predicted molar refractivity (Wildman–Crippen MR) is 76.1 cm³/mol. The van der Waals surface area contributed by atoms with Gasteiger partial charge in [0.1, 0.15) is 0 Å². The molecule has 0 aliphatic carbocycles. The molecule has 0 saturated carbocycles. The van der Waals surface area contributed by atoms with E-state index in [1.165, 1.54) is 0 Å². The van der Waals surface area contributed by atoms with E-state index in [2.05, 4.69) is 34.4 Å². The van der Waals surface area contributed by atoms with Crippen molar-refractivity contribution < 1.29 is 4.79 Å². The molecule has 19 heavy (non-hydrogen) atoms. The van der Waals surface area contributed by atoms with Crippen molar-refractivity contribution in [2.24, 2.45) is 5.41 Å². The summed E-state index contributed by atoms with van der Waals surface area (Å²) in [5.74, 6) is -0.0549. The van der Waals surface area contributed by atoms with Crippen LogP contribution in [0.5, 0.6) is 0 Å². The molecule has 1 aromatic heterocycles. The third kappa shape index (κ3) is 3.32. The van der Waals surface area contributed by atoms with Crippen LogP contribution in [-0.4, -0.2) is 36.0 Å². The minimum absolute atomic E-state index is 0.0303. The van der Waals surface area contributed by atoms with Crippen LogP contribution in [0.2, 0.25) is 0 Å². The van der Waals surface area contributed by atoms with E-state index in [0.717, 1.165) is 17.6 Å². The SMILES string of the molecule is CNCC(C)(C)CNC(=O)c1ccc2nc[nH]c2c1. The predicted octanol–water partition coefficient (Wildman–Crippen LogP) is 1.54. The summed E-state index contributed by atoms with van der Waals surface area (Å²) in [6, 6.07) is 5.46. The van der Waals surface area contributed by atoms with Crippen molar-refractivity contribution in [2.45, 2.75) is 13.8 Å². The second-order valence-corrected chi connectivity index (χ2v) is 5.51. The van der Waals surface area contributed by atoms with E-state index in [4.69, 9.17) is 0 Å². The van der Waals surface area contributed by atoms with Gasteiger partial charge in [0.05, 0.1) is 17.4 Å². The number of nitrogens with one attached hydrogen (secondary N) is 3. The number of fused-ring (bicyclic) bond motifs is 1. The molecule has 1 aromatic carbocycles. The van der Waals surface area contributed by atoms with Gasteiger partial charge in [-0.05, 0) is 30.7 Å². The van der Waals surface area contributed by atoms with Crippen molar-refractivity contribution in [3.8, 4) is 0 Å². The maximum Gasteiger partial charge on any atom is 0.251 e. The van der Waals surface area contributed by atoms with Gasteiger partial charge >= 0.3 is 0 Å². The Hall–Kier alpha value is -1.88. The van der Waals surface area contributed by atoms with Gasteiger partial charge in [0.2, 0.25) is 0 Å². The number of imidazole rings is 1. The van der Waals surface area contributed by atoms with Crippen molar-refractivity contribution in [3.63, 3.8) is 0 Å². The molecule has 2 rings (SSSR count). The molecule has 2 aromatic rings. The lowest BCUT2D eigenvalue weighted by molar-refractivity contribution is 0.0937. The number of hydrogen-bond donors (Lipinski definition) is 3. The summed E-state index contributed by atoms with van der Waals surface area (Å²) in [6.45, 7) is 5.71. The number of amides is 1. The molecule has 3 N–H and O–H groups in total. The lowest BCUT2D eigenvalue weighted by atomic mass is 9.93. The van der Waals surface area contributed by atoms with E-state index in [-0.39, 0.29) is 11.3 Å². The first-order valence-electron chi connectivity index (χ1n) is 6.38. The Labute approximate surface area is 112 Å². The summed E-state index contributed by atoms with van der Waals surface area (Å²) in [5.41, 5.74) is 2.42. The maximum atomic E-state index is 12.1. The summed E-state index contributed by atoms with van der Waals surface area (Å²) < 4.78 is 0. The van der Waals surface area contributed by atoms with E-state index in [9.17, 15) is 4.79 Å². The highest BCUT2D eigenvalue weighted by molar-refractivity contribution is 5.97. The monoisotopic (exact) mass is 260 g/mol. The fourth-order valence-corrected chi connectivity index (χ4v) is 2.04. The first-order chi connectivity index (χ1) is 9.02. The highest BCUT2D eigenvalue weighted by atomic mass is 16.1. The standard InChI is InChI=1S/C14H20N4O/c1-14(2,7-15-3)8-16-13(19)10-4-5-11-12(6-10)18-9-17-11/h4-6,9,15H,7-8H2,1-3H3,(H,16,19)(H,17,18). The normalized spacial score (nSPS) is 11.7. The van der Waals surface area contributed by atoms with Crippen molar-refractivity contribution in [2.75, 3.05) is 20.1 Å². The van der Waals surface area contributed by atoms with Crippen LogP contribution < -0.4 is 10.6 Å². The van der Waals surface area contributed by atoms with Crippen LogP contribution in [0.3, 0.4) is 0 Å². The van der Waals surface area contributed by atoms with E-state index >= 15 is 0 Å². The second-order valence-electron chi connectivity index (χ2n) is 5.51. The Kier molecular flexibility index (Phi) is 3.85. The topological polar surface area (TPSA) is 69.8 Å². The largest absolute Gasteiger partial charge is 0.351 e. The summed E-state index contributed by atoms with van der Waals surface area (Å²) in [5, 5.41) is 6.10. The van der Waals surface area contributed by atoms with Crippen LogP contribution in [0.25, 0.3) is 11.0 Å². The highest BCUT2D eigenvalue weighted by Crippen LogP contribution is 2.14. The van der Waals surface area contributed by atoms with Crippen molar-refractivity contribution in [1.29, 1.82) is 0 Å². The summed E-state index contributed by atoms with van der Waals surface area (Å²) in [7, 11) is 1.91. The van der Waals surface area contributed by atoms with Crippen LogP contribution in [0, 0.1) is 5.41 Å². The zero-order chi connectivity index (χ0) is 13.9. The van der Waals surface area contributed by atoms with E-state index in [1.54, 1.807) is 12.4 Å². The van der Waals surface area contributed by atoms with Gasteiger partial charge in [-0.25, -0.2) is 4.98 Å². The van der Waals surface area contributed by atoms with Gasteiger partial charge in [-0.1, -0.05) is 13.8 Å². The van der Waals surface area contributed by atoms with Gasteiger partial charge in [-0.2, -0.15) is 0 Å². The molecule has 1 heterocycles. The Bertz CT molecular complexity index is 574. The zero-order valence-electron chi connectivity index (χ0n) is 11.6. The van der Waals surface area contributed by atoms with Crippen molar-refractivity contribution in [3.05, 3.63) is 30.1 Å². The number of carbonyl (C=O) groups is 1. The highest BCUT2D eigenvalue weighted by Gasteiger charge is 2.18. The van der Waals surface area contributed by atoms with Crippen LogP contribution in [-0.2, 0) is 0 Å². The number of aromatic nitrogens is 2. The molecule has 0 aliphatic rings. The molecular formula is C14H20N4O. The minimum atomic E-state index is -0.0549. The molecule has 1 amide bonds. The Morgan fingerprint density at radius 3 is 2.89 bits per heavy atom. The second kappa shape index (κ2) is 5.40. The van der Waals surface area contributed by atoms with Crippen LogP contribution in [0.1, 0.15) is 24.2 Å². The Morgan fingerprint density at radius 1 is 1.37 bits per heavy atom. The van der Waals surface area contributed by atoms with E-state index in [1.807, 2.05) is 19.2 Å². The number of benzene rings is 1. The number of nitrogens with zero attached hydrogens (tertiary/aromatic N) is 1. The number of hydrogen-bond acceptors (Lipinski definition) is 3. The average molecular weight is 260 g/mol. The van der Waals surface area contributed by atoms with Gasteiger partial charge < -0.3 is 15.6 Å². The number of aromatic amines is 1. The summed E-state index contributed by atoms with van der Waals surface area (Å²) >= 11 is 0. The van der Waals surface area contributed by atoms with Crippen LogP contribution >= 0.6 is 0 Å². The molecule has 0 atom stereocenters. The lowest BCUT2D eigenvalue weighted by Crippen LogP contribution is -2.39.